The minimum atomic E-state index is 0.0437. The molecular formula is C22H25N3O. The summed E-state index contributed by atoms with van der Waals surface area (Å²) in [4.78, 5) is 19.9. The maximum atomic E-state index is 13.5. The van der Waals surface area contributed by atoms with Gasteiger partial charge < -0.3 is 9.47 Å². The number of carbonyl (C=O) groups excluding carboxylic acids is 1. The van der Waals surface area contributed by atoms with Crippen LogP contribution in [0.3, 0.4) is 0 Å². The van der Waals surface area contributed by atoms with Gasteiger partial charge in [0.05, 0.1) is 17.3 Å². The highest BCUT2D eigenvalue weighted by Gasteiger charge is 2.38. The van der Waals surface area contributed by atoms with E-state index in [-0.39, 0.29) is 11.9 Å². The van der Waals surface area contributed by atoms with Gasteiger partial charge in [0.25, 0.3) is 5.91 Å². The van der Waals surface area contributed by atoms with E-state index in [4.69, 9.17) is 0 Å². The second-order valence-electron chi connectivity index (χ2n) is 7.46. The number of nitrogens with zero attached hydrogens (tertiary/aromatic N) is 3. The maximum absolute atomic E-state index is 13.5. The van der Waals surface area contributed by atoms with Crippen molar-refractivity contribution >= 4 is 16.8 Å². The monoisotopic (exact) mass is 347 g/mol. The van der Waals surface area contributed by atoms with Crippen LogP contribution in [0.15, 0.2) is 42.6 Å². The zero-order valence-corrected chi connectivity index (χ0v) is 15.9. The molecule has 0 bridgehead atoms. The molecule has 134 valence electrons. The molecule has 0 N–H and O–H groups in total. The summed E-state index contributed by atoms with van der Waals surface area (Å²) < 4.78 is 2.06. The largest absolute Gasteiger partial charge is 0.339 e. The van der Waals surface area contributed by atoms with Crippen molar-refractivity contribution in [3.63, 3.8) is 0 Å². The van der Waals surface area contributed by atoms with Gasteiger partial charge in [0, 0.05) is 25.7 Å². The first-order chi connectivity index (χ1) is 12.5. The van der Waals surface area contributed by atoms with E-state index in [0.717, 1.165) is 40.7 Å². The molecule has 0 unspecified atom stereocenters. The first-order valence-corrected chi connectivity index (χ1v) is 9.23. The van der Waals surface area contributed by atoms with Gasteiger partial charge in [0.1, 0.15) is 5.69 Å². The number of fused-ring (bicyclic) bond motifs is 1. The van der Waals surface area contributed by atoms with Crippen molar-refractivity contribution in [1.29, 1.82) is 0 Å². The summed E-state index contributed by atoms with van der Waals surface area (Å²) in [5.41, 5.74) is 5.15. The Morgan fingerprint density at radius 1 is 1.19 bits per heavy atom. The average Bonchev–Trinajstić information content (AvgIpc) is 3.43. The molecule has 4 nitrogen and oxygen atoms in total. The number of aryl methyl sites for hydroxylation is 3. The van der Waals surface area contributed by atoms with Crippen LogP contribution in [0.2, 0.25) is 0 Å². The molecule has 1 aliphatic rings. The normalized spacial score (nSPS) is 15.2. The van der Waals surface area contributed by atoms with E-state index in [1.807, 2.05) is 43.4 Å². The highest BCUT2D eigenvalue weighted by molar-refractivity contribution is 6.02. The molecule has 0 spiro atoms. The Hall–Kier alpha value is -2.62. The van der Waals surface area contributed by atoms with E-state index in [0.29, 0.717) is 5.92 Å². The molecule has 0 saturated heterocycles. The minimum absolute atomic E-state index is 0.0437. The summed E-state index contributed by atoms with van der Waals surface area (Å²) in [6, 6.07) is 12.3. The predicted molar refractivity (Wildman–Crippen MR) is 104 cm³/mol. The fourth-order valence-electron chi connectivity index (χ4n) is 4.21. The first kappa shape index (κ1) is 16.8. The van der Waals surface area contributed by atoms with E-state index in [9.17, 15) is 4.79 Å². The number of hydrogen-bond donors (Lipinski definition) is 0. The molecule has 26 heavy (non-hydrogen) atoms. The number of para-hydroxylation sites is 1. The second kappa shape index (κ2) is 6.27. The van der Waals surface area contributed by atoms with Crippen LogP contribution in [0.4, 0.5) is 0 Å². The van der Waals surface area contributed by atoms with Gasteiger partial charge in [-0.2, -0.15) is 0 Å². The highest BCUT2D eigenvalue weighted by Crippen LogP contribution is 2.44. The molecule has 0 aliphatic heterocycles. The molecule has 1 fully saturated rings. The molecule has 1 atom stereocenters. The molecule has 1 aromatic carbocycles. The Morgan fingerprint density at radius 3 is 2.58 bits per heavy atom. The lowest BCUT2D eigenvalue weighted by molar-refractivity contribution is 0.0697. The predicted octanol–water partition coefficient (Wildman–Crippen LogP) is 4.41. The summed E-state index contributed by atoms with van der Waals surface area (Å²) in [6.45, 7) is 4.15. The fourth-order valence-corrected chi connectivity index (χ4v) is 4.21. The lowest BCUT2D eigenvalue weighted by Crippen LogP contribution is -2.34. The van der Waals surface area contributed by atoms with Gasteiger partial charge in [0.15, 0.2) is 0 Å². The lowest BCUT2D eigenvalue weighted by atomic mass is 10.0. The van der Waals surface area contributed by atoms with Crippen LogP contribution in [0, 0.1) is 19.8 Å². The Kier molecular flexibility index (Phi) is 4.06. The van der Waals surface area contributed by atoms with Crippen LogP contribution >= 0.6 is 0 Å². The third-order valence-electron chi connectivity index (χ3n) is 5.67. The van der Waals surface area contributed by atoms with Gasteiger partial charge in [-0.1, -0.05) is 24.3 Å². The van der Waals surface area contributed by atoms with Crippen molar-refractivity contribution in [1.82, 2.24) is 14.5 Å². The van der Waals surface area contributed by atoms with Crippen molar-refractivity contribution in [2.45, 2.75) is 32.7 Å². The van der Waals surface area contributed by atoms with E-state index >= 15 is 0 Å². The highest BCUT2D eigenvalue weighted by atomic mass is 16.2. The number of carbonyl (C=O) groups is 1. The van der Waals surface area contributed by atoms with Gasteiger partial charge in [-0.3, -0.25) is 9.78 Å². The van der Waals surface area contributed by atoms with E-state index in [1.165, 1.54) is 5.56 Å². The molecule has 4 rings (SSSR count). The molecule has 2 heterocycles. The topological polar surface area (TPSA) is 38.1 Å². The fraction of sp³-hybridized carbons (Fsp3) is 0.364. The average molecular weight is 347 g/mol. The molecular weight excluding hydrogens is 322 g/mol. The van der Waals surface area contributed by atoms with Gasteiger partial charge in [-0.05, 0) is 55.9 Å². The number of amides is 1. The van der Waals surface area contributed by atoms with Crippen LogP contribution in [0.25, 0.3) is 10.9 Å². The van der Waals surface area contributed by atoms with E-state index in [1.54, 1.807) is 0 Å². The van der Waals surface area contributed by atoms with Crippen LogP contribution in [0.5, 0.6) is 0 Å². The molecule has 4 heteroatoms. The second-order valence-corrected chi connectivity index (χ2v) is 7.46. The molecule has 1 aliphatic carbocycles. The first-order valence-electron chi connectivity index (χ1n) is 9.23. The summed E-state index contributed by atoms with van der Waals surface area (Å²) in [5.74, 6) is 0.582. The molecule has 3 aromatic rings. The van der Waals surface area contributed by atoms with Crippen molar-refractivity contribution in [3.05, 3.63) is 65.1 Å². The van der Waals surface area contributed by atoms with Gasteiger partial charge in [-0.15, -0.1) is 0 Å². The number of pyridine rings is 1. The molecule has 2 aromatic heterocycles. The van der Waals surface area contributed by atoms with Gasteiger partial charge in [0.2, 0.25) is 0 Å². The number of hydrogen-bond acceptors (Lipinski definition) is 2. The Morgan fingerprint density at radius 2 is 1.96 bits per heavy atom. The smallest absolute Gasteiger partial charge is 0.271 e. The summed E-state index contributed by atoms with van der Waals surface area (Å²) in [7, 11) is 3.92. The Bertz CT molecular complexity index is 970. The quantitative estimate of drug-likeness (QED) is 0.701. The van der Waals surface area contributed by atoms with E-state index < -0.39 is 0 Å². The standard InChI is InChI=1S/C22H25N3O/c1-14-8-7-9-17-15(2)20(24(3)19(14)17)22(26)25(4)21(16-11-12-16)18-10-5-6-13-23-18/h5-10,13,16,21H,11-12H2,1-4H3/t21-/m1/s1. The summed E-state index contributed by atoms with van der Waals surface area (Å²) >= 11 is 0. The van der Waals surface area contributed by atoms with Crippen LogP contribution in [-0.2, 0) is 7.05 Å². The van der Waals surface area contributed by atoms with E-state index in [2.05, 4.69) is 41.6 Å². The van der Waals surface area contributed by atoms with Gasteiger partial charge >= 0.3 is 0 Å². The zero-order valence-electron chi connectivity index (χ0n) is 15.9. The maximum Gasteiger partial charge on any atom is 0.271 e. The van der Waals surface area contributed by atoms with Crippen LogP contribution in [0.1, 0.15) is 46.2 Å². The molecule has 0 radical (unpaired) electrons. The van der Waals surface area contributed by atoms with Gasteiger partial charge in [-0.25, -0.2) is 0 Å². The minimum Gasteiger partial charge on any atom is -0.339 e. The van der Waals surface area contributed by atoms with Crippen molar-refractivity contribution < 1.29 is 4.79 Å². The van der Waals surface area contributed by atoms with Crippen molar-refractivity contribution in [2.75, 3.05) is 7.05 Å². The Balaban J connectivity index is 1.78. The molecule has 1 saturated carbocycles. The Labute approximate surface area is 154 Å². The number of rotatable bonds is 4. The van der Waals surface area contributed by atoms with Crippen molar-refractivity contribution in [3.8, 4) is 0 Å². The van der Waals surface area contributed by atoms with Crippen LogP contribution < -0.4 is 0 Å². The van der Waals surface area contributed by atoms with Crippen LogP contribution in [-0.4, -0.2) is 27.4 Å². The third-order valence-corrected chi connectivity index (χ3v) is 5.67. The molecule has 1 amide bonds. The SMILES string of the molecule is Cc1c(C(=O)N(C)[C@@H](c2ccccn2)C2CC2)n(C)c2c(C)cccc12. The number of aromatic nitrogens is 2. The lowest BCUT2D eigenvalue weighted by Gasteiger charge is -2.28. The summed E-state index contributed by atoms with van der Waals surface area (Å²) in [5, 5.41) is 1.16. The van der Waals surface area contributed by atoms with Crippen molar-refractivity contribution in [2.24, 2.45) is 13.0 Å². The zero-order chi connectivity index (χ0) is 18.4. The summed E-state index contributed by atoms with van der Waals surface area (Å²) in [6.07, 6.45) is 4.13. The number of benzene rings is 1. The third kappa shape index (κ3) is 2.61.